The smallest absolute Gasteiger partial charge is 0.428 e. The highest BCUT2D eigenvalue weighted by molar-refractivity contribution is 6.30. The summed E-state index contributed by atoms with van der Waals surface area (Å²) < 4.78 is 72.8. The summed E-state index contributed by atoms with van der Waals surface area (Å²) in [7, 11) is 0. The fraction of sp³-hybridized carbons (Fsp3) is 0.143. The molecule has 2 amide bonds. The summed E-state index contributed by atoms with van der Waals surface area (Å²) in [6, 6.07) is 21.1. The summed E-state index contributed by atoms with van der Waals surface area (Å²) in [4.78, 5) is 17.7. The van der Waals surface area contributed by atoms with E-state index in [-0.39, 0.29) is 28.4 Å². The van der Waals surface area contributed by atoms with Crippen molar-refractivity contribution in [3.63, 3.8) is 0 Å². The first-order valence-electron chi connectivity index (χ1n) is 11.5. The standard InChI is InChI=1S/C28H21ClF5N3O2/c29-19-13-14-24(35-17-19)27(16-18-7-2-1-3-8-18,37-26(38)36-21-10-6-9-20(30)15-21)22-11-4-5-12-23(22)39-28(33,34)25(31)32/h1-15,17,25H,16H2,(H2,36,37,38)/t27-/m0/s1. The van der Waals surface area contributed by atoms with E-state index in [1.807, 2.05) is 0 Å². The van der Waals surface area contributed by atoms with Crippen LogP contribution in [-0.4, -0.2) is 23.5 Å². The number of carbonyl (C=O) groups is 1. The van der Waals surface area contributed by atoms with Gasteiger partial charge in [-0.1, -0.05) is 66.2 Å². The number of hydrogen-bond acceptors (Lipinski definition) is 3. The average Bonchev–Trinajstić information content (AvgIpc) is 2.89. The molecule has 0 saturated carbocycles. The van der Waals surface area contributed by atoms with Crippen LogP contribution < -0.4 is 15.4 Å². The Labute approximate surface area is 225 Å². The van der Waals surface area contributed by atoms with Gasteiger partial charge in [0.15, 0.2) is 0 Å². The molecule has 0 radical (unpaired) electrons. The molecule has 0 aliphatic rings. The lowest BCUT2D eigenvalue weighted by molar-refractivity contribution is -0.253. The van der Waals surface area contributed by atoms with Crippen molar-refractivity contribution in [3.8, 4) is 5.75 Å². The Morgan fingerprint density at radius 2 is 1.67 bits per heavy atom. The Hall–Kier alpha value is -4.18. The van der Waals surface area contributed by atoms with Crippen LogP contribution in [-0.2, 0) is 12.0 Å². The third-order valence-electron chi connectivity index (χ3n) is 5.73. The molecular weight excluding hydrogens is 541 g/mol. The van der Waals surface area contributed by atoms with E-state index in [1.165, 1.54) is 54.7 Å². The van der Waals surface area contributed by atoms with Crippen LogP contribution in [0.15, 0.2) is 97.2 Å². The molecule has 11 heteroatoms. The minimum absolute atomic E-state index is 0.0698. The van der Waals surface area contributed by atoms with E-state index in [1.54, 1.807) is 30.3 Å². The number of nitrogens with zero attached hydrogens (tertiary/aromatic N) is 1. The van der Waals surface area contributed by atoms with E-state index in [0.717, 1.165) is 12.1 Å². The van der Waals surface area contributed by atoms with Crippen molar-refractivity contribution in [2.45, 2.75) is 24.5 Å². The number of urea groups is 1. The SMILES string of the molecule is O=C(Nc1cccc(F)c1)N[C@](Cc1ccccc1)(c1ccc(Cl)cn1)c1ccccc1OC(F)(F)C(F)F. The lowest BCUT2D eigenvalue weighted by Crippen LogP contribution is -2.51. The van der Waals surface area contributed by atoms with Crippen LogP contribution in [0.5, 0.6) is 5.75 Å². The molecule has 2 N–H and O–H groups in total. The van der Waals surface area contributed by atoms with Crippen LogP contribution in [0, 0.1) is 5.82 Å². The fourth-order valence-electron chi connectivity index (χ4n) is 4.05. The van der Waals surface area contributed by atoms with Crippen molar-refractivity contribution < 1.29 is 31.5 Å². The average molecular weight is 562 g/mol. The number of nitrogens with one attached hydrogen (secondary N) is 2. The molecule has 0 fully saturated rings. The van der Waals surface area contributed by atoms with E-state index in [0.29, 0.717) is 5.56 Å². The third-order valence-corrected chi connectivity index (χ3v) is 5.96. The number of hydrogen-bond donors (Lipinski definition) is 2. The van der Waals surface area contributed by atoms with Gasteiger partial charge in [0, 0.05) is 23.9 Å². The molecule has 4 aromatic rings. The first-order chi connectivity index (χ1) is 18.6. The summed E-state index contributed by atoms with van der Waals surface area (Å²) in [6.45, 7) is 0. The lowest BCUT2D eigenvalue weighted by Gasteiger charge is -2.36. The molecule has 0 aliphatic heterocycles. The first-order valence-corrected chi connectivity index (χ1v) is 11.9. The number of anilines is 1. The molecule has 0 unspecified atom stereocenters. The van der Waals surface area contributed by atoms with Crippen molar-refractivity contribution >= 4 is 23.3 Å². The van der Waals surface area contributed by atoms with Gasteiger partial charge in [-0.05, 0) is 42.0 Å². The number of halogens is 6. The number of ether oxygens (including phenoxy) is 1. The predicted octanol–water partition coefficient (Wildman–Crippen LogP) is 7.42. The molecule has 3 aromatic carbocycles. The maximum Gasteiger partial charge on any atom is 0.461 e. The van der Waals surface area contributed by atoms with E-state index >= 15 is 0 Å². The van der Waals surface area contributed by atoms with Crippen LogP contribution in [0.3, 0.4) is 0 Å². The van der Waals surface area contributed by atoms with Gasteiger partial charge < -0.3 is 15.4 Å². The number of pyridine rings is 1. The van der Waals surface area contributed by atoms with Crippen molar-refractivity contribution in [1.82, 2.24) is 10.3 Å². The van der Waals surface area contributed by atoms with Crippen LogP contribution in [0.4, 0.5) is 32.4 Å². The second-order valence-corrected chi connectivity index (χ2v) is 8.92. The molecule has 0 aliphatic carbocycles. The van der Waals surface area contributed by atoms with Gasteiger partial charge >= 0.3 is 18.6 Å². The molecule has 4 rings (SSSR count). The quantitative estimate of drug-likeness (QED) is 0.209. The number of para-hydroxylation sites is 1. The van der Waals surface area contributed by atoms with Gasteiger partial charge in [0.1, 0.15) is 17.1 Å². The Kier molecular flexibility index (Phi) is 8.35. The largest absolute Gasteiger partial charge is 0.461 e. The number of alkyl halides is 4. The van der Waals surface area contributed by atoms with Gasteiger partial charge in [0.25, 0.3) is 0 Å². The van der Waals surface area contributed by atoms with Crippen molar-refractivity contribution in [2.75, 3.05) is 5.32 Å². The topological polar surface area (TPSA) is 63.2 Å². The minimum atomic E-state index is -4.83. The molecular formula is C28H21ClF5N3O2. The first kappa shape index (κ1) is 27.8. The van der Waals surface area contributed by atoms with E-state index in [4.69, 9.17) is 11.6 Å². The molecule has 0 spiro atoms. The lowest BCUT2D eigenvalue weighted by atomic mass is 9.80. The van der Waals surface area contributed by atoms with E-state index in [9.17, 15) is 26.7 Å². The summed E-state index contributed by atoms with van der Waals surface area (Å²) in [5.41, 5.74) is -0.951. The predicted molar refractivity (Wildman–Crippen MR) is 137 cm³/mol. The third kappa shape index (κ3) is 6.64. The highest BCUT2D eigenvalue weighted by atomic mass is 35.5. The second kappa shape index (κ2) is 11.7. The number of carbonyl (C=O) groups excluding carboxylic acids is 1. The van der Waals surface area contributed by atoms with Crippen molar-refractivity contribution in [2.24, 2.45) is 0 Å². The van der Waals surface area contributed by atoms with Crippen LogP contribution in [0.2, 0.25) is 5.02 Å². The second-order valence-electron chi connectivity index (χ2n) is 8.48. The molecule has 5 nitrogen and oxygen atoms in total. The molecule has 39 heavy (non-hydrogen) atoms. The monoisotopic (exact) mass is 561 g/mol. The molecule has 1 heterocycles. The van der Waals surface area contributed by atoms with Gasteiger partial charge in [0.2, 0.25) is 0 Å². The fourth-order valence-corrected chi connectivity index (χ4v) is 4.16. The molecule has 1 aromatic heterocycles. The van der Waals surface area contributed by atoms with E-state index in [2.05, 4.69) is 20.4 Å². The summed E-state index contributed by atoms with van der Waals surface area (Å²) in [5, 5.41) is 5.53. The van der Waals surface area contributed by atoms with Gasteiger partial charge in [0.05, 0.1) is 10.7 Å². The number of benzene rings is 3. The zero-order chi connectivity index (χ0) is 28.0. The van der Waals surface area contributed by atoms with Crippen LogP contribution in [0.25, 0.3) is 0 Å². The highest BCUT2D eigenvalue weighted by Crippen LogP contribution is 2.40. The van der Waals surface area contributed by atoms with Gasteiger partial charge in [-0.2, -0.15) is 17.6 Å². The van der Waals surface area contributed by atoms with Crippen LogP contribution >= 0.6 is 11.6 Å². The Balaban J connectivity index is 1.90. The molecule has 0 bridgehead atoms. The number of amides is 2. The van der Waals surface area contributed by atoms with E-state index < -0.39 is 35.7 Å². The van der Waals surface area contributed by atoms with Crippen molar-refractivity contribution in [1.29, 1.82) is 0 Å². The minimum Gasteiger partial charge on any atom is -0.428 e. The molecule has 202 valence electrons. The summed E-state index contributed by atoms with van der Waals surface area (Å²) in [6.07, 6.45) is -7.72. The van der Waals surface area contributed by atoms with Crippen molar-refractivity contribution in [3.05, 3.63) is 125 Å². The maximum absolute atomic E-state index is 14.1. The molecule has 0 saturated heterocycles. The zero-order valence-electron chi connectivity index (χ0n) is 20.1. The van der Waals surface area contributed by atoms with Gasteiger partial charge in [-0.3, -0.25) is 4.98 Å². The highest BCUT2D eigenvalue weighted by Gasteiger charge is 2.47. The summed E-state index contributed by atoms with van der Waals surface area (Å²) >= 11 is 6.04. The normalized spacial score (nSPS) is 13.0. The number of rotatable bonds is 9. The Bertz CT molecular complexity index is 1420. The Morgan fingerprint density at radius 1 is 0.949 bits per heavy atom. The molecule has 1 atom stereocenters. The zero-order valence-corrected chi connectivity index (χ0v) is 20.8. The number of aromatic nitrogens is 1. The summed E-state index contributed by atoms with van der Waals surface area (Å²) in [5.74, 6) is -1.21. The van der Waals surface area contributed by atoms with Gasteiger partial charge in [-0.15, -0.1) is 0 Å². The van der Waals surface area contributed by atoms with Crippen LogP contribution in [0.1, 0.15) is 16.8 Å². The maximum atomic E-state index is 14.1. The van der Waals surface area contributed by atoms with Gasteiger partial charge in [-0.25, -0.2) is 9.18 Å². The Morgan fingerprint density at radius 3 is 2.33 bits per heavy atom.